The smallest absolute Gasteiger partial charge is 0.261 e. The van der Waals surface area contributed by atoms with E-state index in [-0.39, 0.29) is 11.9 Å². The van der Waals surface area contributed by atoms with E-state index in [2.05, 4.69) is 22.3 Å². The first-order valence-corrected chi connectivity index (χ1v) is 7.87. The number of amides is 1. The summed E-state index contributed by atoms with van der Waals surface area (Å²) in [5, 5.41) is 3.05. The number of likely N-dealkylation sites (N-methyl/N-ethyl adjacent to an activating group) is 1. The molecule has 0 aliphatic rings. The lowest BCUT2D eigenvalue weighted by Crippen LogP contribution is -2.34. The molecular weight excluding hydrogens is 280 g/mol. The molecule has 0 saturated heterocycles. The molecule has 0 bridgehead atoms. The third-order valence-corrected chi connectivity index (χ3v) is 4.80. The van der Waals surface area contributed by atoms with Crippen LogP contribution in [0.4, 0.5) is 0 Å². The number of aryl methyl sites for hydroxylation is 2. The zero-order valence-corrected chi connectivity index (χ0v) is 13.8. The molecule has 0 unspecified atom stereocenters. The van der Waals surface area contributed by atoms with Crippen LogP contribution in [0.25, 0.3) is 0 Å². The van der Waals surface area contributed by atoms with Gasteiger partial charge in [-0.15, -0.1) is 11.3 Å². The second-order valence-electron chi connectivity index (χ2n) is 5.45. The average molecular weight is 302 g/mol. The molecule has 1 amide bonds. The van der Waals surface area contributed by atoms with E-state index in [0.717, 1.165) is 4.88 Å². The molecule has 1 heterocycles. The minimum Gasteiger partial charge on any atom is -0.349 e. The second kappa shape index (κ2) is 6.87. The monoisotopic (exact) mass is 302 g/mol. The summed E-state index contributed by atoms with van der Waals surface area (Å²) in [6.07, 6.45) is 0. The lowest BCUT2D eigenvalue weighted by atomic mass is 10.1. The lowest BCUT2D eigenvalue weighted by Gasteiger charge is -2.25. The van der Waals surface area contributed by atoms with Crippen molar-refractivity contribution in [2.45, 2.75) is 19.9 Å². The van der Waals surface area contributed by atoms with Gasteiger partial charge in [0.2, 0.25) is 0 Å². The summed E-state index contributed by atoms with van der Waals surface area (Å²) in [6.45, 7) is 4.68. The molecule has 0 saturated carbocycles. The summed E-state index contributed by atoms with van der Waals surface area (Å²) >= 11 is 1.55. The van der Waals surface area contributed by atoms with E-state index in [1.54, 1.807) is 11.3 Å². The Morgan fingerprint density at radius 3 is 2.43 bits per heavy atom. The minimum absolute atomic E-state index is 0.0129. The van der Waals surface area contributed by atoms with Crippen molar-refractivity contribution in [3.63, 3.8) is 0 Å². The molecule has 2 rings (SSSR count). The zero-order valence-electron chi connectivity index (χ0n) is 13.0. The Kier molecular flexibility index (Phi) is 5.15. The fourth-order valence-electron chi connectivity index (χ4n) is 2.24. The highest BCUT2D eigenvalue weighted by Gasteiger charge is 2.16. The van der Waals surface area contributed by atoms with E-state index >= 15 is 0 Å². The van der Waals surface area contributed by atoms with E-state index < -0.39 is 0 Å². The van der Waals surface area contributed by atoms with E-state index in [1.165, 1.54) is 16.0 Å². The van der Waals surface area contributed by atoms with Crippen molar-refractivity contribution in [2.24, 2.45) is 0 Å². The highest BCUT2D eigenvalue weighted by atomic mass is 32.1. The van der Waals surface area contributed by atoms with Crippen molar-refractivity contribution in [1.29, 1.82) is 0 Å². The van der Waals surface area contributed by atoms with Crippen LogP contribution in [0.3, 0.4) is 0 Å². The minimum atomic E-state index is 0.0129. The van der Waals surface area contributed by atoms with E-state index in [0.29, 0.717) is 6.54 Å². The molecule has 112 valence electrons. The molecule has 0 aliphatic heterocycles. The lowest BCUT2D eigenvalue weighted by molar-refractivity contribution is 0.0946. The van der Waals surface area contributed by atoms with Gasteiger partial charge in [0.1, 0.15) is 0 Å². The molecule has 1 aromatic carbocycles. The van der Waals surface area contributed by atoms with Crippen LogP contribution in [0, 0.1) is 13.8 Å². The molecular formula is C17H22N2OS. The van der Waals surface area contributed by atoms with Gasteiger partial charge in [-0.05, 0) is 45.1 Å². The van der Waals surface area contributed by atoms with Crippen LogP contribution in [0.2, 0.25) is 0 Å². The van der Waals surface area contributed by atoms with Gasteiger partial charge >= 0.3 is 0 Å². The molecule has 0 fully saturated rings. The van der Waals surface area contributed by atoms with Crippen LogP contribution < -0.4 is 5.32 Å². The van der Waals surface area contributed by atoms with Crippen molar-refractivity contribution in [3.8, 4) is 0 Å². The summed E-state index contributed by atoms with van der Waals surface area (Å²) in [7, 11) is 4.06. The molecule has 3 nitrogen and oxygen atoms in total. The van der Waals surface area contributed by atoms with Crippen LogP contribution >= 0.6 is 11.3 Å². The first-order valence-electron chi connectivity index (χ1n) is 7.05. The number of thiophene rings is 1. The largest absolute Gasteiger partial charge is 0.349 e. The Morgan fingerprint density at radius 1 is 1.24 bits per heavy atom. The van der Waals surface area contributed by atoms with Gasteiger partial charge in [-0.1, -0.05) is 30.3 Å². The second-order valence-corrected chi connectivity index (χ2v) is 6.71. The third-order valence-electron chi connectivity index (χ3n) is 3.65. The summed E-state index contributed by atoms with van der Waals surface area (Å²) in [5.74, 6) is 0.0129. The summed E-state index contributed by atoms with van der Waals surface area (Å²) in [6, 6.07) is 12.4. The molecule has 2 aromatic rings. The molecule has 4 heteroatoms. The molecule has 0 spiro atoms. The van der Waals surface area contributed by atoms with Crippen molar-refractivity contribution in [2.75, 3.05) is 20.6 Å². The topological polar surface area (TPSA) is 32.3 Å². The molecule has 0 aliphatic carbocycles. The summed E-state index contributed by atoms with van der Waals surface area (Å²) in [4.78, 5) is 16.4. The van der Waals surface area contributed by atoms with Crippen LogP contribution in [-0.4, -0.2) is 31.4 Å². The Labute approximate surface area is 130 Å². The Balaban J connectivity index is 2.04. The van der Waals surface area contributed by atoms with Gasteiger partial charge in [-0.3, -0.25) is 4.79 Å². The van der Waals surface area contributed by atoms with Crippen LogP contribution in [-0.2, 0) is 0 Å². The number of nitrogens with zero attached hydrogens (tertiary/aromatic N) is 1. The molecule has 1 atom stereocenters. The summed E-state index contributed by atoms with van der Waals surface area (Å²) < 4.78 is 0. The first-order chi connectivity index (χ1) is 9.99. The Bertz CT molecular complexity index is 585. The van der Waals surface area contributed by atoms with E-state index in [4.69, 9.17) is 0 Å². The fraction of sp³-hybridized carbons (Fsp3) is 0.353. The number of carbonyl (C=O) groups is 1. The number of hydrogen-bond acceptors (Lipinski definition) is 3. The molecule has 1 aromatic heterocycles. The highest BCUT2D eigenvalue weighted by molar-refractivity contribution is 7.14. The maximum atomic E-state index is 12.2. The van der Waals surface area contributed by atoms with Crippen LogP contribution in [0.5, 0.6) is 0 Å². The van der Waals surface area contributed by atoms with Crippen molar-refractivity contribution in [1.82, 2.24) is 10.2 Å². The van der Waals surface area contributed by atoms with Crippen molar-refractivity contribution < 1.29 is 4.79 Å². The summed E-state index contributed by atoms with van der Waals surface area (Å²) in [5.41, 5.74) is 2.39. The normalized spacial score (nSPS) is 12.4. The number of benzene rings is 1. The van der Waals surface area contributed by atoms with Gasteiger partial charge in [0, 0.05) is 11.4 Å². The van der Waals surface area contributed by atoms with Gasteiger partial charge in [0.15, 0.2) is 0 Å². The third kappa shape index (κ3) is 3.93. The Morgan fingerprint density at radius 2 is 1.90 bits per heavy atom. The number of nitrogens with one attached hydrogen (secondary N) is 1. The van der Waals surface area contributed by atoms with Crippen molar-refractivity contribution >= 4 is 17.2 Å². The molecule has 1 N–H and O–H groups in total. The number of hydrogen-bond donors (Lipinski definition) is 1. The van der Waals surface area contributed by atoms with Gasteiger partial charge in [0.25, 0.3) is 5.91 Å². The standard InChI is InChI=1S/C17H22N2OS/c1-12-10-16(21-13(12)2)17(20)18-11-15(19(3)4)14-8-6-5-7-9-14/h5-10,15H,11H2,1-4H3,(H,18,20)/t15-/m0/s1. The predicted molar refractivity (Wildman–Crippen MR) is 89.0 cm³/mol. The quantitative estimate of drug-likeness (QED) is 0.918. The van der Waals surface area contributed by atoms with Crippen molar-refractivity contribution in [3.05, 3.63) is 57.3 Å². The number of rotatable bonds is 5. The van der Waals surface area contributed by atoms with E-state index in [1.807, 2.05) is 52.2 Å². The fourth-order valence-corrected chi connectivity index (χ4v) is 3.19. The van der Waals surface area contributed by atoms with Gasteiger partial charge in [-0.25, -0.2) is 0 Å². The van der Waals surface area contributed by atoms with Crippen LogP contribution in [0.1, 0.15) is 31.7 Å². The maximum absolute atomic E-state index is 12.2. The average Bonchev–Trinajstić information content (AvgIpc) is 2.79. The zero-order chi connectivity index (χ0) is 15.4. The van der Waals surface area contributed by atoms with Gasteiger partial charge in [0.05, 0.1) is 10.9 Å². The Hall–Kier alpha value is -1.65. The maximum Gasteiger partial charge on any atom is 0.261 e. The first kappa shape index (κ1) is 15.7. The molecule has 21 heavy (non-hydrogen) atoms. The van der Waals surface area contributed by atoms with E-state index in [9.17, 15) is 4.79 Å². The number of carbonyl (C=O) groups excluding carboxylic acids is 1. The van der Waals surface area contributed by atoms with Crippen LogP contribution in [0.15, 0.2) is 36.4 Å². The predicted octanol–water partition coefficient (Wildman–Crippen LogP) is 3.40. The van der Waals surface area contributed by atoms with Gasteiger partial charge in [-0.2, -0.15) is 0 Å². The highest BCUT2D eigenvalue weighted by Crippen LogP contribution is 2.21. The molecule has 0 radical (unpaired) electrons. The SMILES string of the molecule is Cc1cc(C(=O)NC[C@@H](c2ccccc2)N(C)C)sc1C. The van der Waals surface area contributed by atoms with Gasteiger partial charge < -0.3 is 10.2 Å².